The second kappa shape index (κ2) is 7.15. The van der Waals surface area contributed by atoms with E-state index in [0.717, 1.165) is 0 Å². The number of hydrogen-bond donors (Lipinski definition) is 2. The molecule has 2 aromatic rings. The summed E-state index contributed by atoms with van der Waals surface area (Å²) in [6.45, 7) is -0.210. The molecular formula is C15H12Cl2N2O3. The van der Waals surface area contributed by atoms with Gasteiger partial charge in [0, 0.05) is 10.6 Å². The Morgan fingerprint density at radius 2 is 1.77 bits per heavy atom. The van der Waals surface area contributed by atoms with E-state index in [4.69, 9.17) is 33.7 Å². The number of ether oxygens (including phenoxy) is 1. The smallest absolute Gasteiger partial charge is 0.262 e. The molecule has 2 amide bonds. The molecule has 7 heteroatoms. The van der Waals surface area contributed by atoms with Gasteiger partial charge in [0.2, 0.25) is 5.91 Å². The van der Waals surface area contributed by atoms with Crippen LogP contribution < -0.4 is 15.8 Å². The SMILES string of the molecule is NC(=O)c1ccc(OCC(=O)Nc2cc(Cl)ccc2Cl)cc1. The lowest BCUT2D eigenvalue weighted by atomic mass is 10.2. The Bertz CT molecular complexity index is 702. The minimum absolute atomic E-state index is 0.210. The number of nitrogens with two attached hydrogens (primary N) is 1. The van der Waals surface area contributed by atoms with Gasteiger partial charge in [0.1, 0.15) is 5.75 Å². The fourth-order valence-corrected chi connectivity index (χ4v) is 1.98. The van der Waals surface area contributed by atoms with Crippen LogP contribution in [0, 0.1) is 0 Å². The molecular weight excluding hydrogens is 327 g/mol. The van der Waals surface area contributed by atoms with Crippen LogP contribution in [0.15, 0.2) is 42.5 Å². The fourth-order valence-electron chi connectivity index (χ4n) is 1.64. The third-order valence-electron chi connectivity index (χ3n) is 2.71. The number of benzene rings is 2. The van der Waals surface area contributed by atoms with Crippen molar-refractivity contribution in [3.8, 4) is 5.75 Å². The van der Waals surface area contributed by atoms with Crippen molar-refractivity contribution in [2.75, 3.05) is 11.9 Å². The van der Waals surface area contributed by atoms with E-state index in [1.807, 2.05) is 0 Å². The van der Waals surface area contributed by atoms with Gasteiger partial charge < -0.3 is 15.8 Å². The molecule has 0 aliphatic rings. The maximum atomic E-state index is 11.8. The minimum atomic E-state index is -0.528. The lowest BCUT2D eigenvalue weighted by Crippen LogP contribution is -2.20. The predicted octanol–water partition coefficient (Wildman–Crippen LogP) is 3.11. The van der Waals surface area contributed by atoms with Gasteiger partial charge in [0.25, 0.3) is 5.91 Å². The molecule has 0 aliphatic carbocycles. The molecule has 0 fully saturated rings. The molecule has 2 rings (SSSR count). The molecule has 0 heterocycles. The zero-order chi connectivity index (χ0) is 16.1. The van der Waals surface area contributed by atoms with Gasteiger partial charge >= 0.3 is 0 Å². The molecule has 0 saturated heterocycles. The number of primary amides is 1. The summed E-state index contributed by atoms with van der Waals surface area (Å²) in [5.41, 5.74) is 5.90. The molecule has 0 spiro atoms. The van der Waals surface area contributed by atoms with Crippen molar-refractivity contribution in [2.24, 2.45) is 5.73 Å². The number of hydrogen-bond acceptors (Lipinski definition) is 3. The summed E-state index contributed by atoms with van der Waals surface area (Å²) in [6, 6.07) is 10.9. The third kappa shape index (κ3) is 4.38. The standard InChI is InChI=1S/C15H12Cl2N2O3/c16-10-3-6-12(17)13(7-10)19-14(20)8-22-11-4-1-9(2-5-11)15(18)21/h1-7H,8H2,(H2,18,21)(H,19,20). The summed E-state index contributed by atoms with van der Waals surface area (Å²) in [7, 11) is 0. The van der Waals surface area contributed by atoms with Gasteiger partial charge in [0.15, 0.2) is 6.61 Å². The quantitative estimate of drug-likeness (QED) is 0.878. The zero-order valence-electron chi connectivity index (χ0n) is 11.3. The van der Waals surface area contributed by atoms with Crippen molar-refractivity contribution in [1.29, 1.82) is 0 Å². The second-order valence-corrected chi connectivity index (χ2v) is 5.19. The van der Waals surface area contributed by atoms with Crippen LogP contribution in [0.4, 0.5) is 5.69 Å². The molecule has 0 saturated carbocycles. The summed E-state index contributed by atoms with van der Waals surface area (Å²) in [5, 5.41) is 3.44. The molecule has 0 unspecified atom stereocenters. The molecule has 0 bridgehead atoms. The predicted molar refractivity (Wildman–Crippen MR) is 85.5 cm³/mol. The Hall–Kier alpha value is -2.24. The van der Waals surface area contributed by atoms with Crippen LogP contribution in [0.3, 0.4) is 0 Å². The Kier molecular flexibility index (Phi) is 5.25. The highest BCUT2D eigenvalue weighted by Gasteiger charge is 2.08. The Labute approximate surface area is 137 Å². The number of anilines is 1. The molecule has 0 aliphatic heterocycles. The minimum Gasteiger partial charge on any atom is -0.484 e. The first kappa shape index (κ1) is 16.1. The summed E-state index contributed by atoms with van der Waals surface area (Å²) < 4.78 is 5.30. The van der Waals surface area contributed by atoms with E-state index in [1.54, 1.807) is 30.3 Å². The van der Waals surface area contributed by atoms with E-state index in [9.17, 15) is 9.59 Å². The molecule has 0 radical (unpaired) electrons. The number of carbonyl (C=O) groups is 2. The second-order valence-electron chi connectivity index (χ2n) is 4.35. The van der Waals surface area contributed by atoms with Crippen molar-refractivity contribution in [3.63, 3.8) is 0 Å². The maximum Gasteiger partial charge on any atom is 0.262 e. The van der Waals surface area contributed by atoms with E-state index in [-0.39, 0.29) is 12.5 Å². The van der Waals surface area contributed by atoms with E-state index in [0.29, 0.717) is 27.0 Å². The first-order chi connectivity index (χ1) is 10.5. The fraction of sp³-hybridized carbons (Fsp3) is 0.0667. The molecule has 114 valence electrons. The average Bonchev–Trinajstić information content (AvgIpc) is 2.49. The highest BCUT2D eigenvalue weighted by Crippen LogP contribution is 2.25. The van der Waals surface area contributed by atoms with Gasteiger partial charge in [-0.2, -0.15) is 0 Å². The molecule has 2 aromatic carbocycles. The van der Waals surface area contributed by atoms with Crippen LogP contribution in [-0.4, -0.2) is 18.4 Å². The first-order valence-electron chi connectivity index (χ1n) is 6.23. The highest BCUT2D eigenvalue weighted by atomic mass is 35.5. The molecule has 0 aromatic heterocycles. The summed E-state index contributed by atoms with van der Waals surface area (Å²) >= 11 is 11.8. The summed E-state index contributed by atoms with van der Waals surface area (Å²) in [4.78, 5) is 22.7. The molecule has 22 heavy (non-hydrogen) atoms. The van der Waals surface area contributed by atoms with Gasteiger partial charge in [-0.1, -0.05) is 23.2 Å². The van der Waals surface area contributed by atoms with Crippen LogP contribution in [0.5, 0.6) is 5.75 Å². The lowest BCUT2D eigenvalue weighted by molar-refractivity contribution is -0.118. The Morgan fingerprint density at radius 1 is 1.09 bits per heavy atom. The van der Waals surface area contributed by atoms with Crippen LogP contribution >= 0.6 is 23.2 Å². The molecule has 3 N–H and O–H groups in total. The largest absolute Gasteiger partial charge is 0.484 e. The van der Waals surface area contributed by atoms with Gasteiger partial charge in [-0.15, -0.1) is 0 Å². The first-order valence-corrected chi connectivity index (χ1v) is 6.99. The topological polar surface area (TPSA) is 81.4 Å². The summed E-state index contributed by atoms with van der Waals surface area (Å²) in [6.07, 6.45) is 0. The van der Waals surface area contributed by atoms with Crippen molar-refractivity contribution < 1.29 is 14.3 Å². The third-order valence-corrected chi connectivity index (χ3v) is 3.28. The zero-order valence-corrected chi connectivity index (χ0v) is 12.8. The van der Waals surface area contributed by atoms with Crippen LogP contribution in [-0.2, 0) is 4.79 Å². The lowest BCUT2D eigenvalue weighted by Gasteiger charge is -2.09. The monoisotopic (exact) mass is 338 g/mol. The number of nitrogens with one attached hydrogen (secondary N) is 1. The van der Waals surface area contributed by atoms with Crippen molar-refractivity contribution in [3.05, 3.63) is 58.1 Å². The average molecular weight is 339 g/mol. The van der Waals surface area contributed by atoms with Gasteiger partial charge in [0.05, 0.1) is 10.7 Å². The van der Waals surface area contributed by atoms with E-state index >= 15 is 0 Å². The van der Waals surface area contributed by atoms with Crippen molar-refractivity contribution in [1.82, 2.24) is 0 Å². The van der Waals surface area contributed by atoms with Crippen LogP contribution in [0.1, 0.15) is 10.4 Å². The molecule has 5 nitrogen and oxygen atoms in total. The number of rotatable bonds is 5. The summed E-state index contributed by atoms with van der Waals surface area (Å²) in [5.74, 6) is -0.472. The highest BCUT2D eigenvalue weighted by molar-refractivity contribution is 6.35. The van der Waals surface area contributed by atoms with E-state index < -0.39 is 5.91 Å². The maximum absolute atomic E-state index is 11.8. The van der Waals surface area contributed by atoms with E-state index in [1.165, 1.54) is 12.1 Å². The Balaban J connectivity index is 1.92. The van der Waals surface area contributed by atoms with E-state index in [2.05, 4.69) is 5.32 Å². The van der Waals surface area contributed by atoms with Gasteiger partial charge in [-0.3, -0.25) is 9.59 Å². The van der Waals surface area contributed by atoms with Crippen LogP contribution in [0.25, 0.3) is 0 Å². The van der Waals surface area contributed by atoms with Crippen molar-refractivity contribution in [2.45, 2.75) is 0 Å². The normalized spacial score (nSPS) is 10.1. The Morgan fingerprint density at radius 3 is 2.41 bits per heavy atom. The number of halogens is 2. The van der Waals surface area contributed by atoms with Crippen molar-refractivity contribution >= 4 is 40.7 Å². The van der Waals surface area contributed by atoms with Gasteiger partial charge in [-0.05, 0) is 42.5 Å². The number of amides is 2. The molecule has 0 atom stereocenters. The number of carbonyl (C=O) groups excluding carboxylic acids is 2. The van der Waals surface area contributed by atoms with Crippen LogP contribution in [0.2, 0.25) is 10.0 Å². The van der Waals surface area contributed by atoms with Gasteiger partial charge in [-0.25, -0.2) is 0 Å².